The Kier molecular flexibility index (Phi) is 2.58. The highest BCUT2D eigenvalue weighted by Crippen LogP contribution is 2.27. The van der Waals surface area contributed by atoms with E-state index in [1.54, 1.807) is 6.07 Å². The van der Waals surface area contributed by atoms with Gasteiger partial charge in [-0.3, -0.25) is 0 Å². The zero-order chi connectivity index (χ0) is 11.9. The summed E-state index contributed by atoms with van der Waals surface area (Å²) in [6.07, 6.45) is 0. The number of fused-ring (bicyclic) bond motifs is 1. The lowest BCUT2D eigenvalue weighted by Crippen LogP contribution is -2.13. The van der Waals surface area contributed by atoms with Gasteiger partial charge in [-0.15, -0.1) is 0 Å². The summed E-state index contributed by atoms with van der Waals surface area (Å²) in [5, 5.41) is 0. The Bertz CT molecular complexity index is 516. The van der Waals surface area contributed by atoms with Crippen molar-refractivity contribution in [2.75, 3.05) is 5.73 Å². The van der Waals surface area contributed by atoms with Crippen molar-refractivity contribution in [1.82, 2.24) is 9.55 Å². The van der Waals surface area contributed by atoms with Gasteiger partial charge in [0.2, 0.25) is 5.95 Å². The molecule has 1 aromatic heterocycles. The lowest BCUT2D eigenvalue weighted by atomic mass is 10.1. The normalized spacial score (nSPS) is 13.6. The Balaban J connectivity index is 2.70. The van der Waals surface area contributed by atoms with E-state index in [2.05, 4.69) is 25.8 Å². The number of hydrogen-bond donors (Lipinski definition) is 1. The molecule has 0 saturated carbocycles. The van der Waals surface area contributed by atoms with Crippen LogP contribution in [0.4, 0.5) is 10.3 Å². The average molecular weight is 221 g/mol. The number of nitrogens with two attached hydrogens (primary N) is 1. The van der Waals surface area contributed by atoms with Gasteiger partial charge in [0, 0.05) is 6.04 Å². The van der Waals surface area contributed by atoms with Crippen molar-refractivity contribution >= 4 is 17.0 Å². The first kappa shape index (κ1) is 10.9. The zero-order valence-corrected chi connectivity index (χ0v) is 9.74. The molecule has 2 aromatic rings. The second kappa shape index (κ2) is 3.77. The van der Waals surface area contributed by atoms with Gasteiger partial charge in [-0.25, -0.2) is 9.37 Å². The summed E-state index contributed by atoms with van der Waals surface area (Å²) in [4.78, 5) is 4.08. The maximum Gasteiger partial charge on any atom is 0.201 e. The summed E-state index contributed by atoms with van der Waals surface area (Å²) >= 11 is 0. The number of anilines is 1. The van der Waals surface area contributed by atoms with Crippen LogP contribution in [-0.4, -0.2) is 9.55 Å². The number of benzene rings is 1. The number of nitrogen functional groups attached to an aromatic ring is 1. The van der Waals surface area contributed by atoms with Gasteiger partial charge >= 0.3 is 0 Å². The molecule has 0 aliphatic heterocycles. The van der Waals surface area contributed by atoms with Crippen molar-refractivity contribution < 1.29 is 4.39 Å². The van der Waals surface area contributed by atoms with E-state index in [0.717, 1.165) is 5.52 Å². The molecule has 86 valence electrons. The van der Waals surface area contributed by atoms with Crippen LogP contribution in [0.1, 0.15) is 26.8 Å². The number of hydrogen-bond acceptors (Lipinski definition) is 2. The van der Waals surface area contributed by atoms with E-state index in [1.807, 2.05) is 10.6 Å². The summed E-state index contributed by atoms with van der Waals surface area (Å²) in [6.45, 7) is 6.28. The molecule has 0 amide bonds. The smallest absolute Gasteiger partial charge is 0.201 e. The van der Waals surface area contributed by atoms with Gasteiger partial charge in [-0.1, -0.05) is 19.9 Å². The molecule has 1 unspecified atom stereocenters. The van der Waals surface area contributed by atoms with Crippen LogP contribution in [0.5, 0.6) is 0 Å². The quantitative estimate of drug-likeness (QED) is 0.847. The van der Waals surface area contributed by atoms with Crippen molar-refractivity contribution in [3.05, 3.63) is 24.0 Å². The van der Waals surface area contributed by atoms with E-state index in [1.165, 1.54) is 6.07 Å². The molecule has 0 aliphatic rings. The minimum Gasteiger partial charge on any atom is -0.369 e. The predicted octanol–water partition coefficient (Wildman–Crippen LogP) is 2.97. The lowest BCUT2D eigenvalue weighted by Gasteiger charge is -2.19. The number of imidazole rings is 1. The van der Waals surface area contributed by atoms with Crippen LogP contribution in [0.25, 0.3) is 11.0 Å². The number of para-hydroxylation sites is 1. The monoisotopic (exact) mass is 221 g/mol. The molecule has 2 rings (SSSR count). The predicted molar refractivity (Wildman–Crippen MR) is 63.7 cm³/mol. The molecule has 0 bridgehead atoms. The van der Waals surface area contributed by atoms with Crippen LogP contribution in [-0.2, 0) is 0 Å². The van der Waals surface area contributed by atoms with E-state index >= 15 is 0 Å². The number of nitrogens with zero attached hydrogens (tertiary/aromatic N) is 2. The molecule has 0 aliphatic carbocycles. The Hall–Kier alpha value is -1.58. The highest BCUT2D eigenvalue weighted by Gasteiger charge is 2.17. The first-order valence-electron chi connectivity index (χ1n) is 5.44. The van der Waals surface area contributed by atoms with Crippen molar-refractivity contribution in [2.45, 2.75) is 26.8 Å². The fraction of sp³-hybridized carbons (Fsp3) is 0.417. The molecular weight excluding hydrogens is 205 g/mol. The van der Waals surface area contributed by atoms with Gasteiger partial charge in [0.15, 0.2) is 5.82 Å². The highest BCUT2D eigenvalue weighted by atomic mass is 19.1. The second-order valence-corrected chi connectivity index (χ2v) is 4.43. The molecule has 1 atom stereocenters. The van der Waals surface area contributed by atoms with Crippen molar-refractivity contribution in [2.24, 2.45) is 5.92 Å². The molecule has 3 nitrogen and oxygen atoms in total. The second-order valence-electron chi connectivity index (χ2n) is 4.43. The zero-order valence-electron chi connectivity index (χ0n) is 9.74. The Morgan fingerprint density at radius 2 is 2.00 bits per heavy atom. The maximum atomic E-state index is 13.5. The van der Waals surface area contributed by atoms with Gasteiger partial charge in [-0.2, -0.15) is 0 Å². The Morgan fingerprint density at radius 1 is 1.31 bits per heavy atom. The van der Waals surface area contributed by atoms with E-state index in [0.29, 0.717) is 17.4 Å². The first-order valence-corrected chi connectivity index (χ1v) is 5.44. The van der Waals surface area contributed by atoms with Gasteiger partial charge < -0.3 is 10.3 Å². The van der Waals surface area contributed by atoms with Crippen LogP contribution >= 0.6 is 0 Å². The fourth-order valence-corrected chi connectivity index (χ4v) is 1.83. The van der Waals surface area contributed by atoms with Crippen LogP contribution in [0.3, 0.4) is 0 Å². The Labute approximate surface area is 94.1 Å². The van der Waals surface area contributed by atoms with Crippen molar-refractivity contribution in [3.8, 4) is 0 Å². The van der Waals surface area contributed by atoms with Gasteiger partial charge in [0.25, 0.3) is 0 Å². The topological polar surface area (TPSA) is 43.8 Å². The minimum absolute atomic E-state index is 0.201. The summed E-state index contributed by atoms with van der Waals surface area (Å²) in [7, 11) is 0. The third-order valence-corrected chi connectivity index (χ3v) is 3.07. The van der Waals surface area contributed by atoms with E-state index in [4.69, 9.17) is 5.73 Å². The Morgan fingerprint density at radius 3 is 2.62 bits per heavy atom. The van der Waals surface area contributed by atoms with Crippen LogP contribution in [0.15, 0.2) is 18.2 Å². The van der Waals surface area contributed by atoms with Crippen molar-refractivity contribution in [1.29, 1.82) is 0 Å². The van der Waals surface area contributed by atoms with Crippen molar-refractivity contribution in [3.63, 3.8) is 0 Å². The fourth-order valence-electron chi connectivity index (χ4n) is 1.83. The van der Waals surface area contributed by atoms with E-state index in [-0.39, 0.29) is 11.9 Å². The highest BCUT2D eigenvalue weighted by molar-refractivity contribution is 5.79. The van der Waals surface area contributed by atoms with Gasteiger partial charge in [0.05, 0.1) is 5.52 Å². The molecule has 1 heterocycles. The molecule has 0 saturated heterocycles. The SMILES string of the molecule is CC(C)C(C)n1c(N)nc2c(F)cccc21. The molecule has 1 aromatic carbocycles. The molecule has 4 heteroatoms. The van der Waals surface area contributed by atoms with Crippen LogP contribution in [0, 0.1) is 11.7 Å². The molecule has 0 radical (unpaired) electrons. The standard InChI is InChI=1S/C12H16FN3/c1-7(2)8(3)16-10-6-4-5-9(13)11(10)15-12(16)14/h4-8H,1-3H3,(H2,14,15). The van der Waals surface area contributed by atoms with Crippen LogP contribution < -0.4 is 5.73 Å². The maximum absolute atomic E-state index is 13.5. The molecule has 2 N–H and O–H groups in total. The molecule has 0 spiro atoms. The third kappa shape index (κ3) is 1.54. The van der Waals surface area contributed by atoms with E-state index in [9.17, 15) is 4.39 Å². The molecule has 0 fully saturated rings. The van der Waals surface area contributed by atoms with Crippen LogP contribution in [0.2, 0.25) is 0 Å². The van der Waals surface area contributed by atoms with E-state index < -0.39 is 0 Å². The lowest BCUT2D eigenvalue weighted by molar-refractivity contribution is 0.421. The number of rotatable bonds is 2. The average Bonchev–Trinajstić information content (AvgIpc) is 2.55. The third-order valence-electron chi connectivity index (χ3n) is 3.07. The van der Waals surface area contributed by atoms with Gasteiger partial charge in [-0.05, 0) is 25.0 Å². The minimum atomic E-state index is -0.320. The molecular formula is C12H16FN3. The summed E-state index contributed by atoms with van der Waals surface area (Å²) in [5.74, 6) is 0.475. The summed E-state index contributed by atoms with van der Waals surface area (Å²) in [5.41, 5.74) is 6.96. The largest absolute Gasteiger partial charge is 0.369 e. The van der Waals surface area contributed by atoms with Gasteiger partial charge in [0.1, 0.15) is 5.52 Å². The summed E-state index contributed by atoms with van der Waals surface area (Å²) in [6, 6.07) is 5.13. The first-order chi connectivity index (χ1) is 7.52. The number of halogens is 1. The number of aromatic nitrogens is 2. The molecule has 16 heavy (non-hydrogen) atoms. The summed E-state index contributed by atoms with van der Waals surface area (Å²) < 4.78 is 15.4.